The van der Waals surface area contributed by atoms with E-state index < -0.39 is 11.9 Å². The number of amides is 1. The van der Waals surface area contributed by atoms with E-state index >= 15 is 4.39 Å². The summed E-state index contributed by atoms with van der Waals surface area (Å²) >= 11 is 1.95. The maximum absolute atomic E-state index is 15.1. The first-order chi connectivity index (χ1) is 15.6. The van der Waals surface area contributed by atoms with Crippen LogP contribution < -0.4 is 9.80 Å². The highest BCUT2D eigenvalue weighted by Crippen LogP contribution is 2.31. The van der Waals surface area contributed by atoms with E-state index in [1.54, 1.807) is 29.2 Å². The molecule has 166 valence electrons. The lowest BCUT2D eigenvalue weighted by molar-refractivity contribution is 0.129. The van der Waals surface area contributed by atoms with Crippen molar-refractivity contribution in [2.75, 3.05) is 40.9 Å². The van der Waals surface area contributed by atoms with Crippen molar-refractivity contribution in [3.05, 3.63) is 60.3 Å². The number of aryl methyl sites for hydroxylation is 1. The summed E-state index contributed by atoms with van der Waals surface area (Å²) in [5, 5.41) is 4.14. The Labute approximate surface area is 190 Å². The van der Waals surface area contributed by atoms with E-state index in [4.69, 9.17) is 4.74 Å². The molecule has 0 unspecified atom stereocenters. The van der Waals surface area contributed by atoms with E-state index in [0.717, 1.165) is 41.5 Å². The third-order valence-corrected chi connectivity index (χ3v) is 6.70. The Morgan fingerprint density at radius 1 is 1.25 bits per heavy atom. The molecule has 32 heavy (non-hydrogen) atoms. The van der Waals surface area contributed by atoms with Gasteiger partial charge in [-0.1, -0.05) is 0 Å². The summed E-state index contributed by atoms with van der Waals surface area (Å²) in [6, 6.07) is 8.63. The molecule has 2 aliphatic heterocycles. The van der Waals surface area contributed by atoms with Crippen molar-refractivity contribution in [3.63, 3.8) is 0 Å². The molecule has 0 spiro atoms. The van der Waals surface area contributed by atoms with Crippen molar-refractivity contribution in [2.24, 2.45) is 0 Å². The Morgan fingerprint density at radius 3 is 2.81 bits per heavy atom. The third kappa shape index (κ3) is 4.17. The molecule has 3 aromatic rings. The van der Waals surface area contributed by atoms with Gasteiger partial charge in [0.1, 0.15) is 17.7 Å². The van der Waals surface area contributed by atoms with Crippen LogP contribution in [0.5, 0.6) is 0 Å². The Morgan fingerprint density at radius 2 is 2.09 bits per heavy atom. The number of hydrogen-bond acceptors (Lipinski definition) is 6. The highest BCUT2D eigenvalue weighted by Gasteiger charge is 2.33. The second kappa shape index (κ2) is 8.82. The van der Waals surface area contributed by atoms with Crippen molar-refractivity contribution >= 4 is 29.4 Å². The first kappa shape index (κ1) is 20.8. The van der Waals surface area contributed by atoms with Gasteiger partial charge in [0.15, 0.2) is 0 Å². The third-order valence-electron chi connectivity index (χ3n) is 5.76. The van der Waals surface area contributed by atoms with Crippen LogP contribution in [0.25, 0.3) is 11.1 Å². The number of pyridine rings is 1. The van der Waals surface area contributed by atoms with Gasteiger partial charge in [0.25, 0.3) is 0 Å². The maximum Gasteiger partial charge on any atom is 0.414 e. The SMILES string of the molecule is Cc1cc(-c2ccc(N3C[C@H](Cn4cccn4)OC3=O)cc2F)cnc1N1CCSCC1. The highest BCUT2D eigenvalue weighted by atomic mass is 32.2. The minimum atomic E-state index is -0.476. The smallest absolute Gasteiger partial charge is 0.414 e. The number of rotatable bonds is 5. The number of anilines is 2. The van der Waals surface area contributed by atoms with Crippen molar-refractivity contribution in [1.29, 1.82) is 0 Å². The quantitative estimate of drug-likeness (QED) is 0.583. The molecule has 7 nitrogen and oxygen atoms in total. The number of ether oxygens (including phenoxy) is 1. The van der Waals surface area contributed by atoms with Gasteiger partial charge < -0.3 is 9.64 Å². The van der Waals surface area contributed by atoms with Crippen LogP contribution in [0.4, 0.5) is 20.7 Å². The molecule has 1 aromatic carbocycles. The highest BCUT2D eigenvalue weighted by molar-refractivity contribution is 7.99. The Kier molecular flexibility index (Phi) is 5.73. The fourth-order valence-corrected chi connectivity index (χ4v) is 5.07. The fraction of sp³-hybridized carbons (Fsp3) is 0.348. The molecular formula is C23H24FN5O2S. The summed E-state index contributed by atoms with van der Waals surface area (Å²) in [5.74, 6) is 2.77. The van der Waals surface area contributed by atoms with Gasteiger partial charge in [-0.15, -0.1) is 0 Å². The van der Waals surface area contributed by atoms with E-state index in [-0.39, 0.29) is 6.10 Å². The number of thioether (sulfide) groups is 1. The zero-order chi connectivity index (χ0) is 22.1. The monoisotopic (exact) mass is 453 g/mol. The number of halogens is 1. The normalized spacial score (nSPS) is 18.8. The molecule has 0 radical (unpaired) electrons. The lowest BCUT2D eigenvalue weighted by Gasteiger charge is -2.28. The molecule has 2 saturated heterocycles. The molecule has 0 bridgehead atoms. The van der Waals surface area contributed by atoms with Gasteiger partial charge in [0, 0.05) is 54.3 Å². The van der Waals surface area contributed by atoms with Crippen molar-refractivity contribution in [3.8, 4) is 11.1 Å². The van der Waals surface area contributed by atoms with E-state index in [1.807, 2.05) is 37.0 Å². The second-order valence-corrected chi connectivity index (χ2v) is 9.20. The van der Waals surface area contributed by atoms with Gasteiger partial charge >= 0.3 is 6.09 Å². The van der Waals surface area contributed by atoms with Crippen LogP contribution in [0.3, 0.4) is 0 Å². The Hall–Kier alpha value is -3.07. The first-order valence-corrected chi connectivity index (χ1v) is 11.8. The van der Waals surface area contributed by atoms with Gasteiger partial charge in [-0.3, -0.25) is 9.58 Å². The molecule has 0 N–H and O–H groups in total. The Balaban J connectivity index is 1.33. The summed E-state index contributed by atoms with van der Waals surface area (Å²) < 4.78 is 22.2. The molecule has 2 aliphatic rings. The lowest BCUT2D eigenvalue weighted by atomic mass is 10.0. The number of carbonyl (C=O) groups is 1. The number of aromatic nitrogens is 3. The van der Waals surface area contributed by atoms with Crippen LogP contribution in [0.1, 0.15) is 5.56 Å². The summed E-state index contributed by atoms with van der Waals surface area (Å²) in [6.45, 7) is 4.78. The number of nitrogens with zero attached hydrogens (tertiary/aromatic N) is 5. The zero-order valence-electron chi connectivity index (χ0n) is 17.8. The zero-order valence-corrected chi connectivity index (χ0v) is 18.6. The minimum absolute atomic E-state index is 0.335. The predicted octanol–water partition coefficient (Wildman–Crippen LogP) is 3.97. The topological polar surface area (TPSA) is 63.5 Å². The van der Waals surface area contributed by atoms with Crippen LogP contribution >= 0.6 is 11.8 Å². The number of cyclic esters (lactones) is 1. The van der Waals surface area contributed by atoms with Gasteiger partial charge in [-0.2, -0.15) is 16.9 Å². The standard InChI is InChI=1S/C23H24FN5O2S/c1-16-11-17(13-25-22(16)27-7-9-32-10-8-27)20-4-3-18(12-21(20)24)29-15-19(31-23(29)30)14-28-6-2-5-26-28/h2-6,11-13,19H,7-10,14-15H2,1H3/t19-/m0/s1. The summed E-state index contributed by atoms with van der Waals surface area (Å²) in [6.07, 6.45) is 4.41. The largest absolute Gasteiger partial charge is 0.442 e. The lowest BCUT2D eigenvalue weighted by Crippen LogP contribution is -2.33. The van der Waals surface area contributed by atoms with Crippen LogP contribution in [0.2, 0.25) is 0 Å². The van der Waals surface area contributed by atoms with E-state index in [1.165, 1.54) is 11.0 Å². The van der Waals surface area contributed by atoms with Crippen molar-refractivity contribution < 1.29 is 13.9 Å². The minimum Gasteiger partial charge on any atom is -0.442 e. The van der Waals surface area contributed by atoms with Crippen LogP contribution in [-0.4, -0.2) is 58.1 Å². The van der Waals surface area contributed by atoms with Crippen LogP contribution in [0.15, 0.2) is 48.9 Å². The van der Waals surface area contributed by atoms with Crippen LogP contribution in [0, 0.1) is 12.7 Å². The summed E-state index contributed by atoms with van der Waals surface area (Å²) in [5.41, 5.74) is 2.70. The average molecular weight is 454 g/mol. The molecule has 1 atom stereocenters. The first-order valence-electron chi connectivity index (χ1n) is 10.6. The fourth-order valence-electron chi connectivity index (χ4n) is 4.17. The van der Waals surface area contributed by atoms with Crippen molar-refractivity contribution in [2.45, 2.75) is 19.6 Å². The molecule has 2 fully saturated rings. The molecule has 0 aliphatic carbocycles. The van der Waals surface area contributed by atoms with Gasteiger partial charge in [0.05, 0.1) is 18.8 Å². The van der Waals surface area contributed by atoms with Crippen molar-refractivity contribution in [1.82, 2.24) is 14.8 Å². The summed E-state index contributed by atoms with van der Waals surface area (Å²) in [7, 11) is 0. The van der Waals surface area contributed by atoms with Crippen LogP contribution in [-0.2, 0) is 11.3 Å². The molecule has 1 amide bonds. The van der Waals surface area contributed by atoms with E-state index in [9.17, 15) is 4.79 Å². The molecule has 0 saturated carbocycles. The molecular weight excluding hydrogens is 429 g/mol. The second-order valence-electron chi connectivity index (χ2n) is 7.97. The molecule has 9 heteroatoms. The van der Waals surface area contributed by atoms with Gasteiger partial charge in [-0.25, -0.2) is 14.2 Å². The van der Waals surface area contributed by atoms with Gasteiger partial charge in [-0.05, 0) is 42.8 Å². The molecule has 5 rings (SSSR count). The summed E-state index contributed by atoms with van der Waals surface area (Å²) in [4.78, 5) is 20.7. The number of hydrogen-bond donors (Lipinski definition) is 0. The molecule has 4 heterocycles. The molecule has 2 aromatic heterocycles. The number of benzene rings is 1. The number of carbonyl (C=O) groups excluding carboxylic acids is 1. The Bertz CT molecular complexity index is 1120. The predicted molar refractivity (Wildman–Crippen MR) is 124 cm³/mol. The van der Waals surface area contributed by atoms with E-state index in [2.05, 4.69) is 15.0 Å². The maximum atomic E-state index is 15.1. The van der Waals surface area contributed by atoms with Gasteiger partial charge in [0.2, 0.25) is 0 Å². The van der Waals surface area contributed by atoms with E-state index in [0.29, 0.717) is 24.3 Å². The average Bonchev–Trinajstić information content (AvgIpc) is 3.44.